The van der Waals surface area contributed by atoms with Gasteiger partial charge in [-0.05, 0) is 125 Å². The molecule has 0 aromatic heterocycles. The van der Waals surface area contributed by atoms with Crippen molar-refractivity contribution in [3.05, 3.63) is 220 Å². The van der Waals surface area contributed by atoms with E-state index in [1.165, 1.54) is 89.3 Å². The van der Waals surface area contributed by atoms with Crippen molar-refractivity contribution < 1.29 is 0 Å². The molecule has 1 heteroatoms. The zero-order chi connectivity index (χ0) is 42.1. The van der Waals surface area contributed by atoms with Crippen LogP contribution in [-0.4, -0.2) is 0 Å². The highest BCUT2D eigenvalue weighted by Crippen LogP contribution is 2.64. The van der Waals surface area contributed by atoms with Gasteiger partial charge in [-0.3, -0.25) is 0 Å². The van der Waals surface area contributed by atoms with Gasteiger partial charge in [0.2, 0.25) is 0 Å². The molecular formula is C60H55N. The first-order valence-corrected chi connectivity index (χ1v) is 22.3. The van der Waals surface area contributed by atoms with E-state index < -0.39 is 5.41 Å². The highest BCUT2D eigenvalue weighted by Gasteiger charge is 2.53. The van der Waals surface area contributed by atoms with Crippen LogP contribution in [0.15, 0.2) is 176 Å². The Morgan fingerprint density at radius 2 is 0.951 bits per heavy atom. The molecule has 7 aromatic carbocycles. The average Bonchev–Trinajstić information content (AvgIpc) is 3.81. The van der Waals surface area contributed by atoms with Gasteiger partial charge < -0.3 is 4.90 Å². The predicted molar refractivity (Wildman–Crippen MR) is 258 cm³/mol. The van der Waals surface area contributed by atoms with Gasteiger partial charge in [-0.1, -0.05) is 201 Å². The normalized spacial score (nSPS) is 18.3. The number of hydrogen-bond acceptors (Lipinski definition) is 1. The van der Waals surface area contributed by atoms with Crippen molar-refractivity contribution in [3.8, 4) is 33.4 Å². The molecule has 2 atom stereocenters. The van der Waals surface area contributed by atoms with E-state index in [-0.39, 0.29) is 16.2 Å². The fourth-order valence-corrected chi connectivity index (χ4v) is 11.5. The minimum atomic E-state index is -0.492. The molecule has 0 fully saturated rings. The van der Waals surface area contributed by atoms with Crippen molar-refractivity contribution in [3.63, 3.8) is 0 Å². The Morgan fingerprint density at radius 1 is 0.443 bits per heavy atom. The number of nitrogens with zero attached hydrogens (tertiary/aromatic N) is 1. The minimum Gasteiger partial charge on any atom is -0.310 e. The Labute approximate surface area is 363 Å². The van der Waals surface area contributed by atoms with Crippen molar-refractivity contribution in [2.24, 2.45) is 5.92 Å². The lowest BCUT2D eigenvalue weighted by Crippen LogP contribution is -2.27. The second kappa shape index (κ2) is 13.2. The first kappa shape index (κ1) is 37.8. The molecule has 0 aliphatic heterocycles. The SMILES string of the molecule is CC(C)(C)c1ccc2c(c1)C1(c3ccccc3-c3ccc(N(c4ccc5c(c4)C(C)(C)C4C=CC=CC54)c4ccccc4-c4ccccc4)cc31)c1cc(C(C)(C)C)ccc1-2. The Bertz CT molecular complexity index is 2910. The molecule has 0 heterocycles. The Kier molecular flexibility index (Phi) is 8.15. The van der Waals surface area contributed by atoms with Crippen molar-refractivity contribution in [1.82, 2.24) is 0 Å². The monoisotopic (exact) mass is 789 g/mol. The molecule has 0 amide bonds. The maximum absolute atomic E-state index is 2.56. The first-order valence-electron chi connectivity index (χ1n) is 22.3. The molecule has 61 heavy (non-hydrogen) atoms. The molecule has 300 valence electrons. The second-order valence-electron chi connectivity index (χ2n) is 20.6. The predicted octanol–water partition coefficient (Wildman–Crippen LogP) is 15.9. The van der Waals surface area contributed by atoms with Crippen molar-refractivity contribution in [1.29, 1.82) is 0 Å². The van der Waals surface area contributed by atoms with Crippen molar-refractivity contribution >= 4 is 17.1 Å². The standard InChI is InChI=1S/C60H55N/c1-57(2,3)39-26-30-47-48-31-27-40(58(4,5)6)35-54(48)60(53(47)34-39)51-24-16-13-22-45(51)49-33-29-42(37-55(49)60)61(56-25-17-14-20-43(56)38-18-10-9-11-19-38)41-28-32-46-44-21-12-15-23-50(44)59(7,8)52(46)36-41/h9-37,44,50H,1-8H3. The number of benzene rings is 7. The quantitative estimate of drug-likeness (QED) is 0.172. The fraction of sp³-hybridized carbons (Fsp3) is 0.233. The maximum atomic E-state index is 2.56. The van der Waals surface area contributed by atoms with Crippen molar-refractivity contribution in [2.75, 3.05) is 4.90 Å². The molecule has 0 saturated heterocycles. The van der Waals surface area contributed by atoms with E-state index in [0.29, 0.717) is 11.8 Å². The van der Waals surface area contributed by atoms with Crippen LogP contribution < -0.4 is 4.90 Å². The van der Waals surface area contributed by atoms with Gasteiger partial charge in [0.25, 0.3) is 0 Å². The van der Waals surface area contributed by atoms with E-state index in [1.54, 1.807) is 0 Å². The van der Waals surface area contributed by atoms with Crippen LogP contribution in [0.2, 0.25) is 0 Å². The lowest BCUT2D eigenvalue weighted by atomic mass is 9.68. The van der Waals surface area contributed by atoms with Gasteiger partial charge in [0, 0.05) is 22.9 Å². The number of anilines is 3. The van der Waals surface area contributed by atoms with Crippen LogP contribution >= 0.6 is 0 Å². The lowest BCUT2D eigenvalue weighted by molar-refractivity contribution is 0.394. The lowest BCUT2D eigenvalue weighted by Gasteiger charge is -2.34. The number of rotatable bonds is 4. The molecule has 0 radical (unpaired) electrons. The maximum Gasteiger partial charge on any atom is 0.0726 e. The van der Waals surface area contributed by atoms with Gasteiger partial charge in [0.05, 0.1) is 11.1 Å². The minimum absolute atomic E-state index is 0.00720. The zero-order valence-corrected chi connectivity index (χ0v) is 36.8. The van der Waals surface area contributed by atoms with E-state index in [2.05, 4.69) is 236 Å². The molecule has 4 aliphatic carbocycles. The van der Waals surface area contributed by atoms with E-state index in [1.807, 2.05) is 0 Å². The second-order valence-corrected chi connectivity index (χ2v) is 20.6. The molecule has 0 N–H and O–H groups in total. The molecular weight excluding hydrogens is 735 g/mol. The molecule has 2 unspecified atom stereocenters. The summed E-state index contributed by atoms with van der Waals surface area (Å²) in [6.07, 6.45) is 9.31. The molecule has 1 nitrogen and oxygen atoms in total. The van der Waals surface area contributed by atoms with E-state index in [0.717, 1.165) is 5.69 Å². The summed E-state index contributed by atoms with van der Waals surface area (Å²) in [5.41, 5.74) is 21.9. The van der Waals surface area contributed by atoms with E-state index in [9.17, 15) is 0 Å². The van der Waals surface area contributed by atoms with Crippen LogP contribution in [-0.2, 0) is 21.7 Å². The zero-order valence-electron chi connectivity index (χ0n) is 36.8. The average molecular weight is 790 g/mol. The van der Waals surface area contributed by atoms with Gasteiger partial charge in [-0.2, -0.15) is 0 Å². The van der Waals surface area contributed by atoms with E-state index >= 15 is 0 Å². The Balaban J connectivity index is 1.21. The van der Waals surface area contributed by atoms with Gasteiger partial charge in [0.15, 0.2) is 0 Å². The largest absolute Gasteiger partial charge is 0.310 e. The van der Waals surface area contributed by atoms with Gasteiger partial charge in [0.1, 0.15) is 0 Å². The molecule has 1 spiro atoms. The summed E-state index contributed by atoms with van der Waals surface area (Å²) in [5.74, 6) is 0.829. The highest BCUT2D eigenvalue weighted by atomic mass is 15.1. The summed E-state index contributed by atoms with van der Waals surface area (Å²) in [7, 11) is 0. The van der Waals surface area contributed by atoms with Gasteiger partial charge in [-0.15, -0.1) is 0 Å². The molecule has 0 saturated carbocycles. The smallest absolute Gasteiger partial charge is 0.0726 e. The number of fused-ring (bicyclic) bond motifs is 13. The number of hydrogen-bond donors (Lipinski definition) is 0. The third-order valence-corrected chi connectivity index (χ3v) is 14.7. The van der Waals surface area contributed by atoms with Crippen LogP contribution in [0.1, 0.15) is 106 Å². The Hall–Kier alpha value is -6.18. The Morgan fingerprint density at radius 3 is 1.61 bits per heavy atom. The molecule has 0 bridgehead atoms. The van der Waals surface area contributed by atoms with Gasteiger partial charge >= 0.3 is 0 Å². The third kappa shape index (κ3) is 5.45. The van der Waals surface area contributed by atoms with Crippen LogP contribution in [0.25, 0.3) is 33.4 Å². The summed E-state index contributed by atoms with van der Waals surface area (Å²) in [5, 5.41) is 0. The summed E-state index contributed by atoms with van der Waals surface area (Å²) >= 11 is 0. The van der Waals surface area contributed by atoms with Crippen LogP contribution in [0.5, 0.6) is 0 Å². The number of para-hydroxylation sites is 1. The summed E-state index contributed by atoms with van der Waals surface area (Å²) in [6.45, 7) is 18.9. The summed E-state index contributed by atoms with van der Waals surface area (Å²) in [4.78, 5) is 2.55. The summed E-state index contributed by atoms with van der Waals surface area (Å²) < 4.78 is 0. The first-order chi connectivity index (χ1) is 29.3. The topological polar surface area (TPSA) is 3.24 Å². The molecule has 4 aliphatic rings. The van der Waals surface area contributed by atoms with Crippen LogP contribution in [0.4, 0.5) is 17.1 Å². The fourth-order valence-electron chi connectivity index (χ4n) is 11.5. The van der Waals surface area contributed by atoms with Gasteiger partial charge in [-0.25, -0.2) is 0 Å². The van der Waals surface area contributed by atoms with Crippen LogP contribution in [0.3, 0.4) is 0 Å². The molecule has 7 aromatic rings. The third-order valence-electron chi connectivity index (χ3n) is 14.7. The van der Waals surface area contributed by atoms with Crippen molar-refractivity contribution in [2.45, 2.75) is 83.0 Å². The number of allylic oxidation sites excluding steroid dienone is 4. The van der Waals surface area contributed by atoms with E-state index in [4.69, 9.17) is 0 Å². The highest BCUT2D eigenvalue weighted by molar-refractivity contribution is 5.97. The van der Waals surface area contributed by atoms with Crippen LogP contribution in [0, 0.1) is 5.92 Å². The molecule has 11 rings (SSSR count). The summed E-state index contributed by atoms with van der Waals surface area (Å²) in [6, 6.07) is 58.5.